The van der Waals surface area contributed by atoms with Gasteiger partial charge in [-0.3, -0.25) is 0 Å². The molecular formula is C23H24ClFN4O3. The number of hydrogen-bond acceptors (Lipinski definition) is 7. The van der Waals surface area contributed by atoms with Gasteiger partial charge in [-0.25, -0.2) is 14.4 Å². The summed E-state index contributed by atoms with van der Waals surface area (Å²) in [5, 5.41) is 17.4. The summed E-state index contributed by atoms with van der Waals surface area (Å²) in [6.45, 7) is 2.06. The van der Waals surface area contributed by atoms with Crippen LogP contribution in [0.5, 0.6) is 11.5 Å². The topological polar surface area (TPSA) is 88.5 Å². The number of nitrogens with one attached hydrogen (secondary N) is 2. The fourth-order valence-electron chi connectivity index (χ4n) is 4.63. The van der Waals surface area contributed by atoms with E-state index in [1.165, 1.54) is 18.5 Å². The standard InChI is InChI=1S/C23H24ClFN4O3/c1-31-19-8-18-15(22(28-12-27-18)29-14-2-3-17(25)16(24)6-14)7-20(19)32-5-4-13-9-23(13)11-26-10-21(23)30/h2-3,6-8,12-13,21,26,30H,4-5,9-11H2,1H3,(H,27,28,29). The first-order chi connectivity index (χ1) is 15.5. The smallest absolute Gasteiger partial charge is 0.162 e. The van der Waals surface area contributed by atoms with Crippen LogP contribution >= 0.6 is 11.6 Å². The van der Waals surface area contributed by atoms with Crippen LogP contribution in [0.1, 0.15) is 12.8 Å². The molecule has 1 aliphatic heterocycles. The number of ether oxygens (including phenoxy) is 2. The van der Waals surface area contributed by atoms with E-state index in [0.29, 0.717) is 47.6 Å². The van der Waals surface area contributed by atoms with E-state index in [1.807, 2.05) is 6.07 Å². The summed E-state index contributed by atoms with van der Waals surface area (Å²) in [4.78, 5) is 8.67. The second-order valence-electron chi connectivity index (χ2n) is 8.41. The number of β-amino-alcohol motifs (C(OH)–C–C–N with tert-alkyl or cyclic N) is 1. The Kier molecular flexibility index (Phi) is 5.53. The predicted octanol–water partition coefficient (Wildman–Crippen LogP) is 3.91. The van der Waals surface area contributed by atoms with Crippen LogP contribution < -0.4 is 20.1 Å². The van der Waals surface area contributed by atoms with Crippen LogP contribution in [0.15, 0.2) is 36.7 Å². The van der Waals surface area contributed by atoms with Gasteiger partial charge in [-0.15, -0.1) is 0 Å². The molecule has 0 amide bonds. The van der Waals surface area contributed by atoms with Gasteiger partial charge in [-0.1, -0.05) is 11.6 Å². The monoisotopic (exact) mass is 458 g/mol. The fourth-order valence-corrected chi connectivity index (χ4v) is 4.81. The maximum Gasteiger partial charge on any atom is 0.162 e. The molecule has 3 atom stereocenters. The summed E-state index contributed by atoms with van der Waals surface area (Å²) < 4.78 is 25.1. The first kappa shape index (κ1) is 21.2. The molecule has 9 heteroatoms. The lowest BCUT2D eigenvalue weighted by molar-refractivity contribution is 0.122. The summed E-state index contributed by atoms with van der Waals surface area (Å²) >= 11 is 5.90. The third kappa shape index (κ3) is 3.83. The number of aliphatic hydroxyl groups is 1. The molecule has 1 saturated carbocycles. The molecule has 3 N–H and O–H groups in total. The van der Waals surface area contributed by atoms with Gasteiger partial charge in [0, 0.05) is 35.6 Å². The first-order valence-corrected chi connectivity index (χ1v) is 10.9. The molecular weight excluding hydrogens is 435 g/mol. The SMILES string of the molecule is COc1cc2ncnc(Nc3ccc(F)c(Cl)c3)c2cc1OCCC1CC12CNCC2O. The van der Waals surface area contributed by atoms with Crippen LogP contribution in [0, 0.1) is 17.2 Å². The Morgan fingerprint density at radius 3 is 2.91 bits per heavy atom. The number of fused-ring (bicyclic) bond motifs is 1. The molecule has 32 heavy (non-hydrogen) atoms. The molecule has 5 rings (SSSR count). The molecule has 1 saturated heterocycles. The number of aliphatic hydroxyl groups excluding tert-OH is 1. The van der Waals surface area contributed by atoms with Crippen LogP contribution in [0.2, 0.25) is 5.02 Å². The van der Waals surface area contributed by atoms with E-state index in [1.54, 1.807) is 19.2 Å². The number of anilines is 2. The number of methoxy groups -OCH3 is 1. The van der Waals surface area contributed by atoms with Crippen molar-refractivity contribution in [3.63, 3.8) is 0 Å². The average Bonchev–Trinajstić information content (AvgIpc) is 3.37. The maximum absolute atomic E-state index is 13.5. The highest BCUT2D eigenvalue weighted by molar-refractivity contribution is 6.31. The second kappa shape index (κ2) is 8.35. The summed E-state index contributed by atoms with van der Waals surface area (Å²) in [6, 6.07) is 8.04. The number of halogens is 2. The largest absolute Gasteiger partial charge is 0.493 e. The highest BCUT2D eigenvalue weighted by Gasteiger charge is 2.60. The minimum Gasteiger partial charge on any atom is -0.493 e. The zero-order valence-corrected chi connectivity index (χ0v) is 18.3. The van der Waals surface area contributed by atoms with Crippen molar-refractivity contribution in [2.45, 2.75) is 18.9 Å². The molecule has 0 bridgehead atoms. The van der Waals surface area contributed by atoms with Crippen molar-refractivity contribution in [3.05, 3.63) is 47.5 Å². The van der Waals surface area contributed by atoms with Crippen molar-refractivity contribution in [2.75, 3.05) is 32.1 Å². The zero-order valence-electron chi connectivity index (χ0n) is 17.6. The van der Waals surface area contributed by atoms with Gasteiger partial charge in [0.2, 0.25) is 0 Å². The summed E-state index contributed by atoms with van der Waals surface area (Å²) in [5.74, 6) is 1.70. The van der Waals surface area contributed by atoms with Gasteiger partial charge in [0.25, 0.3) is 0 Å². The molecule has 168 valence electrons. The molecule has 3 aromatic rings. The molecule has 2 aromatic carbocycles. The number of aromatic nitrogens is 2. The fraction of sp³-hybridized carbons (Fsp3) is 0.391. The van der Waals surface area contributed by atoms with Gasteiger partial charge in [0.15, 0.2) is 11.5 Å². The van der Waals surface area contributed by atoms with Crippen molar-refractivity contribution in [2.24, 2.45) is 11.3 Å². The van der Waals surface area contributed by atoms with E-state index in [-0.39, 0.29) is 16.5 Å². The van der Waals surface area contributed by atoms with Gasteiger partial charge in [-0.05, 0) is 43.0 Å². The number of rotatable bonds is 7. The Morgan fingerprint density at radius 2 is 2.16 bits per heavy atom. The van der Waals surface area contributed by atoms with E-state index in [4.69, 9.17) is 21.1 Å². The summed E-state index contributed by atoms with van der Waals surface area (Å²) in [5.41, 5.74) is 1.32. The molecule has 1 aromatic heterocycles. The lowest BCUT2D eigenvalue weighted by atomic mass is 9.99. The lowest BCUT2D eigenvalue weighted by Gasteiger charge is -2.15. The maximum atomic E-state index is 13.5. The Labute approximate surface area is 189 Å². The third-order valence-electron chi connectivity index (χ3n) is 6.56. The average molecular weight is 459 g/mol. The second-order valence-corrected chi connectivity index (χ2v) is 8.82. The lowest BCUT2D eigenvalue weighted by Crippen LogP contribution is -2.21. The van der Waals surface area contributed by atoms with E-state index in [9.17, 15) is 9.50 Å². The highest BCUT2D eigenvalue weighted by atomic mass is 35.5. The molecule has 2 aliphatic rings. The Morgan fingerprint density at radius 1 is 1.28 bits per heavy atom. The van der Waals surface area contributed by atoms with Gasteiger partial charge < -0.3 is 25.2 Å². The number of hydrogen-bond donors (Lipinski definition) is 3. The molecule has 0 radical (unpaired) electrons. The molecule has 1 spiro atoms. The van der Waals surface area contributed by atoms with Crippen LogP contribution in [-0.4, -0.2) is 48.0 Å². The minimum absolute atomic E-state index is 0.0260. The summed E-state index contributed by atoms with van der Waals surface area (Å²) in [6.07, 6.45) is 3.07. The van der Waals surface area contributed by atoms with Crippen LogP contribution in [0.3, 0.4) is 0 Å². The van der Waals surface area contributed by atoms with E-state index < -0.39 is 5.82 Å². The van der Waals surface area contributed by atoms with Crippen LogP contribution in [-0.2, 0) is 0 Å². The highest BCUT2D eigenvalue weighted by Crippen LogP contribution is 2.58. The van der Waals surface area contributed by atoms with Gasteiger partial charge in [0.05, 0.1) is 30.4 Å². The molecule has 2 heterocycles. The van der Waals surface area contributed by atoms with Gasteiger partial charge in [0.1, 0.15) is 18.0 Å². The van der Waals surface area contributed by atoms with Crippen molar-refractivity contribution in [1.29, 1.82) is 0 Å². The Bertz CT molecular complexity index is 1160. The van der Waals surface area contributed by atoms with E-state index in [2.05, 4.69) is 20.6 Å². The minimum atomic E-state index is -0.483. The van der Waals surface area contributed by atoms with Crippen molar-refractivity contribution in [1.82, 2.24) is 15.3 Å². The van der Waals surface area contributed by atoms with Crippen molar-refractivity contribution < 1.29 is 19.0 Å². The third-order valence-corrected chi connectivity index (χ3v) is 6.85. The molecule has 2 fully saturated rings. The number of nitrogens with zero attached hydrogens (tertiary/aromatic N) is 2. The van der Waals surface area contributed by atoms with Gasteiger partial charge >= 0.3 is 0 Å². The quantitative estimate of drug-likeness (QED) is 0.494. The van der Waals surface area contributed by atoms with E-state index in [0.717, 1.165) is 24.8 Å². The zero-order chi connectivity index (χ0) is 22.3. The van der Waals surface area contributed by atoms with Crippen LogP contribution in [0.25, 0.3) is 10.9 Å². The predicted molar refractivity (Wildman–Crippen MR) is 120 cm³/mol. The van der Waals surface area contributed by atoms with Gasteiger partial charge in [-0.2, -0.15) is 0 Å². The molecule has 7 nitrogen and oxygen atoms in total. The van der Waals surface area contributed by atoms with E-state index >= 15 is 0 Å². The Balaban J connectivity index is 1.35. The number of benzene rings is 2. The first-order valence-electron chi connectivity index (χ1n) is 10.6. The van der Waals surface area contributed by atoms with Crippen molar-refractivity contribution >= 4 is 34.0 Å². The molecule has 1 aliphatic carbocycles. The Hall–Kier alpha value is -2.68. The normalized spacial score (nSPS) is 24.1. The van der Waals surface area contributed by atoms with Crippen LogP contribution in [0.4, 0.5) is 15.9 Å². The van der Waals surface area contributed by atoms with Crippen molar-refractivity contribution in [3.8, 4) is 11.5 Å². The summed E-state index contributed by atoms with van der Waals surface area (Å²) in [7, 11) is 1.59. The molecule has 3 unspecified atom stereocenters.